The molecule has 0 saturated heterocycles. The summed E-state index contributed by atoms with van der Waals surface area (Å²) in [5.74, 6) is -1.78. The maximum absolute atomic E-state index is 12.4. The third-order valence-corrected chi connectivity index (χ3v) is 8.59. The fraction of sp³-hybridized carbons (Fsp3) is 0.939. The number of hydrogen-bond acceptors (Lipinski definition) is 8. The Morgan fingerprint density at radius 1 is 0.636 bits per heavy atom. The van der Waals surface area contributed by atoms with Crippen molar-refractivity contribution in [3.63, 3.8) is 0 Å². The minimum Gasteiger partial charge on any atom is -0.480 e. The third kappa shape index (κ3) is 29.7. The van der Waals surface area contributed by atoms with Crippen LogP contribution in [0, 0.1) is 0 Å². The minimum absolute atomic E-state index is 0.0241. The lowest BCUT2D eigenvalue weighted by molar-refractivity contribution is -0.154. The Balaban J connectivity index is 4.26. The Morgan fingerprint density at radius 3 is 1.50 bits per heavy atom. The number of phosphoric ester groups is 1. The van der Waals surface area contributed by atoms with Gasteiger partial charge < -0.3 is 25.2 Å². The SMILES string of the molecule is CCCCCCCCCCCCCCCCOCC(COP(=O)(O)OCC(N)C(=O)O)OC(=O)CCCCCCCCCC. The topological polar surface area (TPSA) is 155 Å². The molecule has 0 aromatic rings. The van der Waals surface area contributed by atoms with E-state index in [1.54, 1.807) is 0 Å². The molecule has 0 aliphatic carbocycles. The van der Waals surface area contributed by atoms with E-state index in [1.807, 2.05) is 0 Å². The first-order chi connectivity index (χ1) is 21.2. The van der Waals surface area contributed by atoms with Crippen molar-refractivity contribution in [1.82, 2.24) is 0 Å². The van der Waals surface area contributed by atoms with Gasteiger partial charge in [-0.05, 0) is 12.8 Å². The summed E-state index contributed by atoms with van der Waals surface area (Å²) in [6.45, 7) is 3.85. The Kier molecular flexibility index (Phi) is 29.9. The average molecular weight is 652 g/mol. The molecule has 262 valence electrons. The standard InChI is InChI=1S/C33H66NO9P/c1-3-5-7-9-11-13-14-15-16-17-18-20-22-24-26-40-27-30(28-41-44(38,39)42-29-31(34)33(36)37)43-32(35)25-23-21-19-12-10-8-6-4-2/h30-31H,3-29,34H2,1-2H3,(H,36,37)(H,38,39). The molecule has 4 N–H and O–H groups in total. The van der Waals surface area contributed by atoms with E-state index in [0.717, 1.165) is 44.9 Å². The van der Waals surface area contributed by atoms with Gasteiger partial charge in [0.15, 0.2) is 0 Å². The third-order valence-electron chi connectivity index (χ3n) is 7.64. The Hall–Kier alpha value is -1.03. The van der Waals surface area contributed by atoms with Gasteiger partial charge in [0.25, 0.3) is 0 Å². The lowest BCUT2D eigenvalue weighted by Crippen LogP contribution is -2.34. The molecule has 0 saturated carbocycles. The molecule has 11 heteroatoms. The smallest absolute Gasteiger partial charge is 0.472 e. The lowest BCUT2D eigenvalue weighted by Gasteiger charge is -2.20. The van der Waals surface area contributed by atoms with Crippen LogP contribution in [0.15, 0.2) is 0 Å². The minimum atomic E-state index is -4.59. The quantitative estimate of drug-likeness (QED) is 0.0350. The van der Waals surface area contributed by atoms with E-state index < -0.39 is 45.1 Å². The highest BCUT2D eigenvalue weighted by molar-refractivity contribution is 7.47. The van der Waals surface area contributed by atoms with Crippen LogP contribution in [0.5, 0.6) is 0 Å². The molecule has 0 heterocycles. The number of carbonyl (C=O) groups excluding carboxylic acids is 1. The van der Waals surface area contributed by atoms with Crippen LogP contribution in [0.25, 0.3) is 0 Å². The predicted molar refractivity (Wildman–Crippen MR) is 176 cm³/mol. The fourth-order valence-corrected chi connectivity index (χ4v) is 5.62. The maximum Gasteiger partial charge on any atom is 0.472 e. The van der Waals surface area contributed by atoms with E-state index in [9.17, 15) is 19.0 Å². The summed E-state index contributed by atoms with van der Waals surface area (Å²) in [6.07, 6.45) is 25.9. The summed E-state index contributed by atoms with van der Waals surface area (Å²) in [5, 5.41) is 8.83. The molecular formula is C33H66NO9P. The zero-order valence-corrected chi connectivity index (χ0v) is 28.9. The fourth-order valence-electron chi connectivity index (χ4n) is 4.84. The van der Waals surface area contributed by atoms with E-state index in [1.165, 1.54) is 96.3 Å². The normalized spacial score (nSPS) is 14.3. The van der Waals surface area contributed by atoms with Gasteiger partial charge in [0, 0.05) is 13.0 Å². The van der Waals surface area contributed by atoms with E-state index >= 15 is 0 Å². The van der Waals surface area contributed by atoms with Crippen LogP contribution in [0.3, 0.4) is 0 Å². The second-order valence-electron chi connectivity index (χ2n) is 12.0. The number of rotatable bonds is 34. The van der Waals surface area contributed by atoms with Gasteiger partial charge in [0.2, 0.25) is 0 Å². The number of ether oxygens (including phenoxy) is 2. The van der Waals surface area contributed by atoms with E-state index in [2.05, 4.69) is 18.4 Å². The van der Waals surface area contributed by atoms with Crippen LogP contribution in [-0.4, -0.2) is 60.5 Å². The molecule has 3 unspecified atom stereocenters. The van der Waals surface area contributed by atoms with Crippen molar-refractivity contribution in [3.8, 4) is 0 Å². The van der Waals surface area contributed by atoms with E-state index in [-0.39, 0.29) is 13.0 Å². The monoisotopic (exact) mass is 651 g/mol. The molecular weight excluding hydrogens is 585 g/mol. The van der Waals surface area contributed by atoms with Crippen LogP contribution < -0.4 is 5.73 Å². The first kappa shape index (κ1) is 43.0. The number of carboxylic acid groups (broad SMARTS) is 1. The zero-order chi connectivity index (χ0) is 32.7. The lowest BCUT2D eigenvalue weighted by atomic mass is 10.0. The molecule has 0 aromatic heterocycles. The number of phosphoric acid groups is 1. The van der Waals surface area contributed by atoms with E-state index in [0.29, 0.717) is 6.61 Å². The Bertz CT molecular complexity index is 725. The summed E-state index contributed by atoms with van der Waals surface area (Å²) in [5.41, 5.74) is 5.32. The summed E-state index contributed by atoms with van der Waals surface area (Å²) >= 11 is 0. The molecule has 0 rings (SSSR count). The van der Waals surface area contributed by atoms with Gasteiger partial charge in [-0.1, -0.05) is 142 Å². The number of aliphatic carboxylic acids is 1. The van der Waals surface area contributed by atoms with Gasteiger partial charge >= 0.3 is 19.8 Å². The molecule has 0 bridgehead atoms. The number of carbonyl (C=O) groups is 2. The first-order valence-electron chi connectivity index (χ1n) is 17.6. The second-order valence-corrected chi connectivity index (χ2v) is 13.5. The molecule has 0 fully saturated rings. The van der Waals surface area contributed by atoms with Gasteiger partial charge in [0.05, 0.1) is 19.8 Å². The molecule has 44 heavy (non-hydrogen) atoms. The van der Waals surface area contributed by atoms with Crippen molar-refractivity contribution in [2.24, 2.45) is 5.73 Å². The van der Waals surface area contributed by atoms with Gasteiger partial charge in [-0.3, -0.25) is 18.6 Å². The second kappa shape index (κ2) is 30.6. The summed E-state index contributed by atoms with van der Waals surface area (Å²) in [7, 11) is -4.59. The highest BCUT2D eigenvalue weighted by atomic mass is 31.2. The van der Waals surface area contributed by atoms with Crippen molar-refractivity contribution >= 4 is 19.8 Å². The molecule has 0 spiro atoms. The van der Waals surface area contributed by atoms with Gasteiger partial charge in [-0.25, -0.2) is 4.57 Å². The van der Waals surface area contributed by atoms with Crippen LogP contribution in [-0.2, 0) is 32.7 Å². The highest BCUT2D eigenvalue weighted by Crippen LogP contribution is 2.43. The van der Waals surface area contributed by atoms with Crippen molar-refractivity contribution in [1.29, 1.82) is 0 Å². The van der Waals surface area contributed by atoms with Crippen LogP contribution in [0.4, 0.5) is 0 Å². The molecule has 0 radical (unpaired) electrons. The Morgan fingerprint density at radius 2 is 1.05 bits per heavy atom. The zero-order valence-electron chi connectivity index (χ0n) is 28.0. The molecule has 0 aromatic carbocycles. The predicted octanol–water partition coefficient (Wildman–Crippen LogP) is 8.47. The molecule has 0 amide bonds. The molecule has 10 nitrogen and oxygen atoms in total. The van der Waals surface area contributed by atoms with Gasteiger partial charge in [-0.2, -0.15) is 0 Å². The number of unbranched alkanes of at least 4 members (excludes halogenated alkanes) is 20. The maximum atomic E-state index is 12.4. The largest absolute Gasteiger partial charge is 0.480 e. The Labute approximate surface area is 268 Å². The number of esters is 1. The summed E-state index contributed by atoms with van der Waals surface area (Å²) < 4.78 is 33.0. The average Bonchev–Trinajstić information content (AvgIpc) is 2.99. The highest BCUT2D eigenvalue weighted by Gasteiger charge is 2.27. The van der Waals surface area contributed by atoms with Crippen molar-refractivity contribution in [2.75, 3.05) is 26.4 Å². The summed E-state index contributed by atoms with van der Waals surface area (Å²) in [6, 6.07) is -1.47. The van der Waals surface area contributed by atoms with Crippen LogP contribution >= 0.6 is 7.82 Å². The number of carboxylic acids is 1. The first-order valence-corrected chi connectivity index (χ1v) is 19.1. The van der Waals surface area contributed by atoms with Crippen LogP contribution in [0.1, 0.15) is 162 Å². The molecule has 0 aliphatic rings. The number of hydrogen-bond donors (Lipinski definition) is 3. The summed E-state index contributed by atoms with van der Waals surface area (Å²) in [4.78, 5) is 33.2. The number of nitrogens with two attached hydrogens (primary N) is 1. The van der Waals surface area contributed by atoms with Crippen molar-refractivity contribution < 1.29 is 42.7 Å². The molecule has 0 aliphatic heterocycles. The molecule has 3 atom stereocenters. The van der Waals surface area contributed by atoms with Crippen molar-refractivity contribution in [3.05, 3.63) is 0 Å². The van der Waals surface area contributed by atoms with E-state index in [4.69, 9.17) is 24.8 Å². The van der Waals surface area contributed by atoms with Gasteiger partial charge in [0.1, 0.15) is 12.1 Å². The van der Waals surface area contributed by atoms with Crippen LogP contribution in [0.2, 0.25) is 0 Å². The van der Waals surface area contributed by atoms with Crippen molar-refractivity contribution in [2.45, 2.75) is 174 Å². The van der Waals surface area contributed by atoms with Gasteiger partial charge in [-0.15, -0.1) is 0 Å².